The Morgan fingerprint density at radius 3 is 2.79 bits per heavy atom. The number of anilines is 1. The average molecular weight is 479 g/mol. The van der Waals surface area contributed by atoms with Gasteiger partial charge in [-0.15, -0.1) is 0 Å². The van der Waals surface area contributed by atoms with E-state index < -0.39 is 41.8 Å². The normalized spacial score (nSPS) is 20.9. The number of fused-ring (bicyclic) bond motifs is 2. The predicted molar refractivity (Wildman–Crippen MR) is 93.8 cm³/mol. The minimum absolute atomic E-state index is 0.155. The summed E-state index contributed by atoms with van der Waals surface area (Å²) in [4.78, 5) is 17.3. The molecule has 2 aromatic rings. The van der Waals surface area contributed by atoms with Crippen molar-refractivity contribution in [2.24, 2.45) is 0 Å². The maximum Gasteiger partial charge on any atom is 0.418 e. The van der Waals surface area contributed by atoms with Crippen LogP contribution in [0.1, 0.15) is 23.1 Å². The fraction of sp³-hybridized carbons (Fsp3) is 0.333. The Morgan fingerprint density at radius 2 is 2.10 bits per heavy atom. The van der Waals surface area contributed by atoms with Gasteiger partial charge in [0.05, 0.1) is 10.0 Å². The lowest BCUT2D eigenvalue weighted by Gasteiger charge is -2.32. The van der Waals surface area contributed by atoms with Crippen molar-refractivity contribution < 1.29 is 36.2 Å². The first-order valence-electron chi connectivity index (χ1n) is 8.39. The summed E-state index contributed by atoms with van der Waals surface area (Å²) in [6, 6.07) is 3.66. The zero-order valence-electron chi connectivity index (χ0n) is 14.5. The molecule has 0 radical (unpaired) electrons. The zero-order valence-corrected chi connectivity index (χ0v) is 16.1. The second-order valence-corrected chi connectivity index (χ2v) is 7.46. The van der Waals surface area contributed by atoms with Crippen molar-refractivity contribution >= 4 is 27.8 Å². The van der Waals surface area contributed by atoms with Crippen LogP contribution in [0.4, 0.5) is 32.6 Å². The highest BCUT2D eigenvalue weighted by molar-refractivity contribution is 9.10. The van der Waals surface area contributed by atoms with Crippen molar-refractivity contribution in [3.8, 4) is 5.75 Å². The molecule has 5 nitrogen and oxygen atoms in total. The van der Waals surface area contributed by atoms with Gasteiger partial charge < -0.3 is 9.47 Å². The van der Waals surface area contributed by atoms with Crippen LogP contribution in [0.15, 0.2) is 28.9 Å². The highest BCUT2D eigenvalue weighted by atomic mass is 79.9. The molecule has 0 bridgehead atoms. The van der Waals surface area contributed by atoms with Crippen LogP contribution < -0.4 is 9.64 Å². The van der Waals surface area contributed by atoms with Gasteiger partial charge in [0.1, 0.15) is 18.0 Å². The first-order valence-corrected chi connectivity index (χ1v) is 9.18. The molecule has 154 valence electrons. The molecule has 1 spiro atoms. The number of hydrogen-bond acceptors (Lipinski definition) is 4. The molecule has 1 aromatic carbocycles. The zero-order chi connectivity index (χ0) is 21.0. The second kappa shape index (κ2) is 6.82. The minimum Gasteiger partial charge on any atom is -0.459 e. The quantitative estimate of drug-likeness (QED) is 0.575. The Hall–Kier alpha value is -2.43. The summed E-state index contributed by atoms with van der Waals surface area (Å²) in [5.74, 6) is -1.37. The summed E-state index contributed by atoms with van der Waals surface area (Å²) in [6.45, 7) is -1.58. The first-order chi connectivity index (χ1) is 13.7. The van der Waals surface area contributed by atoms with Gasteiger partial charge in [0.25, 0.3) is 0 Å². The Labute approximate surface area is 169 Å². The Kier molecular flexibility index (Phi) is 4.67. The number of halogens is 6. The number of hydrogen-bond donors (Lipinski definition) is 0. The summed E-state index contributed by atoms with van der Waals surface area (Å²) < 4.78 is 76.6. The molecule has 2 heterocycles. The van der Waals surface area contributed by atoms with Crippen LogP contribution in [0, 0.1) is 5.82 Å². The molecule has 1 fully saturated rings. The molecule has 1 aromatic heterocycles. The number of carbonyl (C=O) groups is 1. The number of pyridine rings is 1. The van der Waals surface area contributed by atoms with E-state index in [9.17, 15) is 26.7 Å². The fourth-order valence-corrected chi connectivity index (χ4v) is 4.19. The summed E-state index contributed by atoms with van der Waals surface area (Å²) in [7, 11) is 0. The van der Waals surface area contributed by atoms with Crippen molar-refractivity contribution in [3.05, 3.63) is 51.4 Å². The lowest BCUT2D eigenvalue weighted by Crippen LogP contribution is -2.44. The van der Waals surface area contributed by atoms with Crippen molar-refractivity contribution in [1.29, 1.82) is 0 Å². The van der Waals surface area contributed by atoms with Crippen LogP contribution in [0.2, 0.25) is 0 Å². The van der Waals surface area contributed by atoms with Gasteiger partial charge >= 0.3 is 12.3 Å². The van der Waals surface area contributed by atoms with E-state index in [0.717, 1.165) is 4.90 Å². The number of alkyl halides is 4. The number of carbonyl (C=O) groups excluding carboxylic acids is 1. The highest BCUT2D eigenvalue weighted by Crippen LogP contribution is 2.50. The Bertz CT molecular complexity index is 1000. The second-order valence-electron chi connectivity index (χ2n) is 6.61. The van der Waals surface area contributed by atoms with E-state index >= 15 is 0 Å². The molecule has 1 atom stereocenters. The van der Waals surface area contributed by atoms with E-state index in [2.05, 4.69) is 20.9 Å². The maximum absolute atomic E-state index is 14.5. The molecule has 2 aliphatic rings. The van der Waals surface area contributed by atoms with Gasteiger partial charge in [-0.25, -0.2) is 23.5 Å². The number of amides is 1. The smallest absolute Gasteiger partial charge is 0.418 e. The number of rotatable bonds is 3. The van der Waals surface area contributed by atoms with Gasteiger partial charge in [-0.3, -0.25) is 0 Å². The number of aromatic nitrogens is 1. The topological polar surface area (TPSA) is 51.7 Å². The SMILES string of the molecule is O=C1OC[C@]2(CCc3c2ccc(Br)c3F)N1c1ncc(C(F)(F)F)cc1OCF. The number of benzene rings is 1. The van der Waals surface area contributed by atoms with Crippen LogP contribution >= 0.6 is 15.9 Å². The summed E-state index contributed by atoms with van der Waals surface area (Å²) in [5.41, 5.74) is -1.53. The van der Waals surface area contributed by atoms with E-state index in [1.165, 1.54) is 6.07 Å². The third kappa shape index (κ3) is 3.02. The molecule has 0 N–H and O–H groups in total. The van der Waals surface area contributed by atoms with Crippen molar-refractivity contribution in [1.82, 2.24) is 4.98 Å². The standard InChI is InChI=1S/C18H12BrF5N2O3/c19-12-2-1-11-10(14(12)21)3-4-17(11)7-28-16(27)26(17)15-13(29-8-20)5-9(6-25-15)18(22,23)24/h1-2,5-6H,3-4,7-8H2/t17-/m0/s1. The molecule has 1 aliphatic heterocycles. The summed E-state index contributed by atoms with van der Waals surface area (Å²) in [6.07, 6.45) is -4.58. The van der Waals surface area contributed by atoms with Crippen molar-refractivity contribution in [2.45, 2.75) is 24.6 Å². The van der Waals surface area contributed by atoms with E-state index in [4.69, 9.17) is 9.47 Å². The molecule has 11 heteroatoms. The van der Waals surface area contributed by atoms with Crippen LogP contribution in [-0.4, -0.2) is 24.5 Å². The molecule has 4 rings (SSSR count). The van der Waals surface area contributed by atoms with E-state index in [1.807, 2.05) is 0 Å². The highest BCUT2D eigenvalue weighted by Gasteiger charge is 2.55. The lowest BCUT2D eigenvalue weighted by molar-refractivity contribution is -0.138. The molecular formula is C18H12BrF5N2O3. The number of cyclic esters (lactones) is 1. The van der Waals surface area contributed by atoms with Gasteiger partial charge in [-0.1, -0.05) is 6.07 Å². The maximum atomic E-state index is 14.5. The van der Waals surface area contributed by atoms with Gasteiger partial charge in [-0.05, 0) is 52.0 Å². The number of ether oxygens (including phenoxy) is 2. The van der Waals surface area contributed by atoms with E-state index in [0.29, 0.717) is 23.4 Å². The van der Waals surface area contributed by atoms with Crippen LogP contribution in [-0.2, 0) is 22.9 Å². The predicted octanol–water partition coefficient (Wildman–Crippen LogP) is 5.11. The van der Waals surface area contributed by atoms with Crippen LogP contribution in [0.3, 0.4) is 0 Å². The van der Waals surface area contributed by atoms with Gasteiger partial charge in [0.15, 0.2) is 11.6 Å². The van der Waals surface area contributed by atoms with Crippen molar-refractivity contribution in [3.63, 3.8) is 0 Å². The van der Waals surface area contributed by atoms with Gasteiger partial charge in [0, 0.05) is 6.20 Å². The van der Waals surface area contributed by atoms with E-state index in [-0.39, 0.29) is 29.7 Å². The van der Waals surface area contributed by atoms with Gasteiger partial charge in [0.2, 0.25) is 6.86 Å². The molecule has 29 heavy (non-hydrogen) atoms. The molecule has 1 amide bonds. The molecule has 0 unspecified atom stereocenters. The van der Waals surface area contributed by atoms with E-state index in [1.54, 1.807) is 6.07 Å². The third-order valence-corrected chi connectivity index (χ3v) is 5.73. The van der Waals surface area contributed by atoms with Crippen molar-refractivity contribution in [2.75, 3.05) is 18.4 Å². The molecule has 1 saturated heterocycles. The third-order valence-electron chi connectivity index (χ3n) is 5.11. The first kappa shape index (κ1) is 19.9. The fourth-order valence-electron chi connectivity index (χ4n) is 3.82. The lowest BCUT2D eigenvalue weighted by atomic mass is 9.91. The number of nitrogens with zero attached hydrogens (tertiary/aromatic N) is 2. The Morgan fingerprint density at radius 1 is 1.34 bits per heavy atom. The molecule has 1 aliphatic carbocycles. The summed E-state index contributed by atoms with van der Waals surface area (Å²) in [5, 5.41) is 0. The van der Waals surface area contributed by atoms with Crippen LogP contribution in [0.25, 0.3) is 0 Å². The van der Waals surface area contributed by atoms with Crippen LogP contribution in [0.5, 0.6) is 5.75 Å². The Balaban J connectivity index is 1.87. The monoisotopic (exact) mass is 478 g/mol. The molecule has 0 saturated carbocycles. The van der Waals surface area contributed by atoms with Gasteiger partial charge in [-0.2, -0.15) is 13.2 Å². The largest absolute Gasteiger partial charge is 0.459 e. The average Bonchev–Trinajstić information content (AvgIpc) is 3.19. The molecular weight excluding hydrogens is 467 g/mol. The minimum atomic E-state index is -4.74. The summed E-state index contributed by atoms with van der Waals surface area (Å²) >= 11 is 3.11.